The highest BCUT2D eigenvalue weighted by Gasteiger charge is 2.15. The molecule has 0 aliphatic heterocycles. The van der Waals surface area contributed by atoms with Crippen molar-refractivity contribution in [2.45, 2.75) is 0 Å². The van der Waals surface area contributed by atoms with E-state index in [0.29, 0.717) is 34.5 Å². The summed E-state index contributed by atoms with van der Waals surface area (Å²) < 4.78 is 25.1. The molecule has 2 aromatic carbocycles. The third kappa shape index (κ3) is 3.14. The van der Waals surface area contributed by atoms with Crippen LogP contribution in [0.1, 0.15) is 0 Å². The number of hydrogen-bond acceptors (Lipinski definition) is 5. The zero-order valence-corrected chi connectivity index (χ0v) is 13.8. The van der Waals surface area contributed by atoms with Crippen LogP contribution in [-0.2, 0) is 4.79 Å². The van der Waals surface area contributed by atoms with E-state index in [1.54, 1.807) is 18.2 Å². The van der Waals surface area contributed by atoms with E-state index in [1.807, 2.05) is 0 Å². The number of halogens is 2. The number of hydrogen-bond donors (Lipinski definition) is 2. The van der Waals surface area contributed by atoms with Crippen molar-refractivity contribution in [2.75, 3.05) is 18.2 Å². The van der Waals surface area contributed by atoms with Crippen LogP contribution in [0.25, 0.3) is 10.9 Å². The monoisotopic (exact) mass is 361 g/mol. The highest BCUT2D eigenvalue weighted by atomic mass is 35.5. The molecule has 8 heteroatoms. The van der Waals surface area contributed by atoms with Gasteiger partial charge in [0.1, 0.15) is 16.5 Å². The molecule has 0 spiro atoms. The number of rotatable bonds is 5. The molecule has 0 saturated heterocycles. The zero-order chi connectivity index (χ0) is 18.0. The van der Waals surface area contributed by atoms with Gasteiger partial charge in [-0.1, -0.05) is 11.6 Å². The largest absolute Gasteiger partial charge is 0.494 e. The number of nitrogens with one attached hydrogen (secondary N) is 1. The topological polar surface area (TPSA) is 86.5 Å². The van der Waals surface area contributed by atoms with Gasteiger partial charge < -0.3 is 20.5 Å². The minimum Gasteiger partial charge on any atom is -0.494 e. The van der Waals surface area contributed by atoms with E-state index in [2.05, 4.69) is 10.3 Å². The Balaban J connectivity index is 2.12. The molecule has 0 aliphatic carbocycles. The molecular weight excluding hydrogens is 349 g/mol. The Kier molecular flexibility index (Phi) is 4.58. The van der Waals surface area contributed by atoms with Gasteiger partial charge in [-0.15, -0.1) is 0 Å². The Labute approximate surface area is 147 Å². The summed E-state index contributed by atoms with van der Waals surface area (Å²) in [4.78, 5) is 15.0. The van der Waals surface area contributed by atoms with Gasteiger partial charge in [-0.05, 0) is 24.3 Å². The van der Waals surface area contributed by atoms with Crippen molar-refractivity contribution in [3.05, 3.63) is 47.4 Å². The lowest BCUT2D eigenvalue weighted by molar-refractivity contribution is -0.105. The number of amides is 1. The lowest BCUT2D eigenvalue weighted by Crippen LogP contribution is -1.99. The average Bonchev–Trinajstić information content (AvgIpc) is 2.62. The van der Waals surface area contributed by atoms with Crippen molar-refractivity contribution in [3.63, 3.8) is 0 Å². The summed E-state index contributed by atoms with van der Waals surface area (Å²) in [5.41, 5.74) is 6.66. The van der Waals surface area contributed by atoms with Crippen molar-refractivity contribution in [3.8, 4) is 17.2 Å². The molecule has 128 valence electrons. The SMILES string of the molecule is COc1cc2nccc(Oc3ccc(N)c(Cl)c3F)c2cc1NC=O. The minimum atomic E-state index is -0.758. The number of nitrogens with zero attached hydrogens (tertiary/aromatic N) is 1. The molecule has 0 unspecified atom stereocenters. The van der Waals surface area contributed by atoms with Gasteiger partial charge in [-0.25, -0.2) is 4.39 Å². The standard InChI is InChI=1S/C17H13ClFN3O3/c1-24-15-7-11-9(6-12(15)22-8-23)13(4-5-21-11)25-14-3-2-10(20)16(18)17(14)19/h2-8H,20H2,1H3,(H,22,23). The van der Waals surface area contributed by atoms with Gasteiger partial charge in [0.2, 0.25) is 6.41 Å². The first-order valence-corrected chi connectivity index (χ1v) is 7.51. The van der Waals surface area contributed by atoms with E-state index in [-0.39, 0.29) is 16.5 Å². The molecule has 0 saturated carbocycles. The van der Waals surface area contributed by atoms with Gasteiger partial charge in [0.15, 0.2) is 11.6 Å². The molecule has 3 rings (SSSR count). The number of fused-ring (bicyclic) bond motifs is 1. The maximum atomic E-state index is 14.2. The van der Waals surface area contributed by atoms with Crippen LogP contribution in [0, 0.1) is 5.82 Å². The summed E-state index contributed by atoms with van der Waals surface area (Å²) in [6, 6.07) is 7.68. The second kappa shape index (κ2) is 6.82. The van der Waals surface area contributed by atoms with Gasteiger partial charge in [-0.2, -0.15) is 0 Å². The van der Waals surface area contributed by atoms with Crippen LogP contribution in [0.2, 0.25) is 5.02 Å². The normalized spacial score (nSPS) is 10.5. The number of carbonyl (C=O) groups is 1. The number of anilines is 2. The van der Waals surface area contributed by atoms with Crippen LogP contribution in [0.4, 0.5) is 15.8 Å². The average molecular weight is 362 g/mol. The van der Waals surface area contributed by atoms with Crippen LogP contribution >= 0.6 is 11.6 Å². The third-order valence-corrected chi connectivity index (χ3v) is 3.92. The number of carbonyl (C=O) groups excluding carboxylic acids is 1. The lowest BCUT2D eigenvalue weighted by Gasteiger charge is -2.13. The molecule has 3 N–H and O–H groups in total. The summed E-state index contributed by atoms with van der Waals surface area (Å²) in [7, 11) is 1.48. The van der Waals surface area contributed by atoms with E-state index in [1.165, 1.54) is 25.4 Å². The summed E-state index contributed by atoms with van der Waals surface area (Å²) in [5, 5.41) is 2.89. The van der Waals surface area contributed by atoms with E-state index in [9.17, 15) is 9.18 Å². The number of pyridine rings is 1. The van der Waals surface area contributed by atoms with Crippen LogP contribution in [0.15, 0.2) is 36.5 Å². The molecule has 0 atom stereocenters. The molecule has 1 amide bonds. The molecule has 0 bridgehead atoms. The summed E-state index contributed by atoms with van der Waals surface area (Å²) in [6.07, 6.45) is 2.04. The predicted molar refractivity (Wildman–Crippen MR) is 93.9 cm³/mol. The number of benzene rings is 2. The van der Waals surface area contributed by atoms with E-state index in [0.717, 1.165) is 0 Å². The van der Waals surface area contributed by atoms with Gasteiger partial charge in [0.05, 0.1) is 24.0 Å². The molecule has 0 radical (unpaired) electrons. The molecule has 0 fully saturated rings. The molecule has 6 nitrogen and oxygen atoms in total. The fourth-order valence-electron chi connectivity index (χ4n) is 2.33. The van der Waals surface area contributed by atoms with Crippen molar-refractivity contribution in [1.29, 1.82) is 0 Å². The fourth-order valence-corrected chi connectivity index (χ4v) is 2.48. The van der Waals surface area contributed by atoms with E-state index >= 15 is 0 Å². The number of ether oxygens (including phenoxy) is 2. The number of methoxy groups -OCH3 is 1. The molecule has 3 aromatic rings. The highest BCUT2D eigenvalue weighted by Crippen LogP contribution is 2.37. The Morgan fingerprint density at radius 1 is 1.24 bits per heavy atom. The van der Waals surface area contributed by atoms with Gasteiger partial charge in [-0.3, -0.25) is 9.78 Å². The first-order valence-electron chi connectivity index (χ1n) is 7.13. The lowest BCUT2D eigenvalue weighted by atomic mass is 10.1. The van der Waals surface area contributed by atoms with E-state index < -0.39 is 5.82 Å². The number of nitrogens with two attached hydrogens (primary N) is 1. The van der Waals surface area contributed by atoms with Gasteiger partial charge >= 0.3 is 0 Å². The number of nitrogen functional groups attached to an aromatic ring is 1. The quantitative estimate of drug-likeness (QED) is 0.530. The van der Waals surface area contributed by atoms with Crippen molar-refractivity contribution in [2.24, 2.45) is 0 Å². The Morgan fingerprint density at radius 2 is 2.04 bits per heavy atom. The summed E-state index contributed by atoms with van der Waals surface area (Å²) in [5.74, 6) is -0.0638. The van der Waals surface area contributed by atoms with E-state index in [4.69, 9.17) is 26.8 Å². The maximum Gasteiger partial charge on any atom is 0.211 e. The molecule has 1 heterocycles. The summed E-state index contributed by atoms with van der Waals surface area (Å²) in [6.45, 7) is 0. The second-order valence-electron chi connectivity index (χ2n) is 5.02. The maximum absolute atomic E-state index is 14.2. The number of aromatic nitrogens is 1. The third-order valence-electron chi connectivity index (χ3n) is 3.53. The Morgan fingerprint density at radius 3 is 2.76 bits per heavy atom. The van der Waals surface area contributed by atoms with Crippen LogP contribution in [-0.4, -0.2) is 18.5 Å². The minimum absolute atomic E-state index is 0.0765. The van der Waals surface area contributed by atoms with Crippen molar-refractivity contribution in [1.82, 2.24) is 4.98 Å². The first kappa shape index (κ1) is 16.8. The van der Waals surface area contributed by atoms with Crippen molar-refractivity contribution >= 4 is 40.3 Å². The Hall–Kier alpha value is -3.06. The molecule has 0 aliphatic rings. The highest BCUT2D eigenvalue weighted by molar-refractivity contribution is 6.33. The molecule has 25 heavy (non-hydrogen) atoms. The van der Waals surface area contributed by atoms with Crippen LogP contribution in [0.5, 0.6) is 17.2 Å². The van der Waals surface area contributed by atoms with Crippen LogP contribution in [0.3, 0.4) is 0 Å². The molecular formula is C17H13ClFN3O3. The zero-order valence-electron chi connectivity index (χ0n) is 13.0. The van der Waals surface area contributed by atoms with Gasteiger partial charge in [0, 0.05) is 17.6 Å². The van der Waals surface area contributed by atoms with Gasteiger partial charge in [0.25, 0.3) is 0 Å². The Bertz CT molecular complexity index is 966. The fraction of sp³-hybridized carbons (Fsp3) is 0.0588. The smallest absolute Gasteiger partial charge is 0.211 e. The summed E-state index contributed by atoms with van der Waals surface area (Å²) >= 11 is 5.82. The van der Waals surface area contributed by atoms with Crippen LogP contribution < -0.4 is 20.5 Å². The first-order chi connectivity index (χ1) is 12.0. The van der Waals surface area contributed by atoms with Crippen molar-refractivity contribution < 1.29 is 18.7 Å². The second-order valence-corrected chi connectivity index (χ2v) is 5.40. The predicted octanol–water partition coefficient (Wildman–Crippen LogP) is 3.98. The molecule has 1 aromatic heterocycles.